The molecule has 6 nitrogen and oxygen atoms in total. The molecule has 26 heavy (non-hydrogen) atoms. The van der Waals surface area contributed by atoms with Crippen molar-refractivity contribution in [3.05, 3.63) is 23.9 Å². The number of anilines is 1. The number of hydrogen-bond donors (Lipinski definition) is 1. The summed E-state index contributed by atoms with van der Waals surface area (Å²) in [5.74, 6) is 1.77. The van der Waals surface area contributed by atoms with Crippen LogP contribution < -0.4 is 10.2 Å². The van der Waals surface area contributed by atoms with E-state index in [2.05, 4.69) is 27.1 Å². The van der Waals surface area contributed by atoms with Crippen LogP contribution in [0.15, 0.2) is 18.3 Å². The molecule has 1 aromatic heterocycles. The van der Waals surface area contributed by atoms with Crippen LogP contribution in [0.4, 0.5) is 5.82 Å². The smallest absolute Gasteiger partial charge is 0.254 e. The minimum Gasteiger partial charge on any atom is -0.354 e. The molecule has 0 saturated carbocycles. The molecule has 2 fully saturated rings. The monoisotopic (exact) mass is 403 g/mol. The van der Waals surface area contributed by atoms with E-state index in [0.717, 1.165) is 70.0 Å². The molecule has 3 rings (SSSR count). The fraction of sp³-hybridized carbons (Fsp3) is 0.667. The van der Waals surface area contributed by atoms with E-state index in [9.17, 15) is 4.79 Å². The number of amides is 1. The Morgan fingerprint density at radius 2 is 1.81 bits per heavy atom. The van der Waals surface area contributed by atoms with E-state index in [1.165, 1.54) is 0 Å². The Kier molecular flexibility index (Phi) is 9.64. The lowest BCUT2D eigenvalue weighted by molar-refractivity contribution is 0.0691. The zero-order valence-electron chi connectivity index (χ0n) is 15.7. The summed E-state index contributed by atoms with van der Waals surface area (Å²) in [4.78, 5) is 23.9. The van der Waals surface area contributed by atoms with Crippen molar-refractivity contribution in [1.82, 2.24) is 20.1 Å². The molecular formula is C18H31Cl2N5O. The fourth-order valence-electron chi connectivity index (χ4n) is 3.57. The summed E-state index contributed by atoms with van der Waals surface area (Å²) in [6, 6.07) is 3.81. The second-order valence-corrected chi connectivity index (χ2v) is 6.99. The van der Waals surface area contributed by atoms with Crippen molar-refractivity contribution in [3.8, 4) is 0 Å². The molecular weight excluding hydrogens is 373 g/mol. The molecule has 0 unspecified atom stereocenters. The van der Waals surface area contributed by atoms with Crippen LogP contribution in [0.5, 0.6) is 0 Å². The highest BCUT2D eigenvalue weighted by Crippen LogP contribution is 2.20. The highest BCUT2D eigenvalue weighted by atomic mass is 35.5. The molecule has 8 heteroatoms. The number of nitrogens with one attached hydrogen (secondary N) is 1. The standard InChI is InChI=1S/C18H29N5O.2ClH/c1-19-14-15-4-7-23(8-5-15)18(24)16-3-6-20-17(13-16)22-11-9-21(2)10-12-22;;/h3,6,13,15,19H,4-5,7-12,14H2,1-2H3;2*1H. The van der Waals surface area contributed by atoms with Crippen LogP contribution in [0.2, 0.25) is 0 Å². The predicted octanol–water partition coefficient (Wildman–Crippen LogP) is 1.75. The van der Waals surface area contributed by atoms with Crippen LogP contribution in [-0.4, -0.2) is 80.6 Å². The zero-order valence-corrected chi connectivity index (χ0v) is 17.3. The average Bonchev–Trinajstić information content (AvgIpc) is 2.63. The lowest BCUT2D eigenvalue weighted by atomic mass is 9.96. The second kappa shape index (κ2) is 10.9. The third-order valence-corrected chi connectivity index (χ3v) is 5.21. The summed E-state index contributed by atoms with van der Waals surface area (Å²) in [7, 11) is 4.14. The van der Waals surface area contributed by atoms with Crippen LogP contribution in [0.1, 0.15) is 23.2 Å². The molecule has 0 bridgehead atoms. The Balaban J connectivity index is 0.00000169. The number of aromatic nitrogens is 1. The molecule has 1 amide bonds. The predicted molar refractivity (Wildman–Crippen MR) is 111 cm³/mol. The number of carbonyl (C=O) groups is 1. The number of likely N-dealkylation sites (tertiary alicyclic amines) is 1. The summed E-state index contributed by atoms with van der Waals surface area (Å²) in [5, 5.41) is 3.24. The van der Waals surface area contributed by atoms with E-state index in [-0.39, 0.29) is 30.7 Å². The SMILES string of the molecule is CNCC1CCN(C(=O)c2ccnc(N3CCN(C)CC3)c2)CC1.Cl.Cl. The normalized spacial score (nSPS) is 18.8. The number of halogens is 2. The summed E-state index contributed by atoms with van der Waals surface area (Å²) < 4.78 is 0. The van der Waals surface area contributed by atoms with Crippen molar-refractivity contribution >= 4 is 36.5 Å². The maximum Gasteiger partial charge on any atom is 0.254 e. The van der Waals surface area contributed by atoms with Gasteiger partial charge in [-0.3, -0.25) is 4.79 Å². The van der Waals surface area contributed by atoms with Crippen molar-refractivity contribution in [2.45, 2.75) is 12.8 Å². The summed E-state index contributed by atoms with van der Waals surface area (Å²) in [6.07, 6.45) is 3.95. The van der Waals surface area contributed by atoms with E-state index in [4.69, 9.17) is 0 Å². The molecule has 0 atom stereocenters. The van der Waals surface area contributed by atoms with Crippen LogP contribution in [-0.2, 0) is 0 Å². The zero-order chi connectivity index (χ0) is 16.9. The minimum absolute atomic E-state index is 0. The van der Waals surface area contributed by atoms with Gasteiger partial charge in [-0.1, -0.05) is 0 Å². The van der Waals surface area contributed by atoms with Gasteiger partial charge in [0.2, 0.25) is 0 Å². The van der Waals surface area contributed by atoms with Gasteiger partial charge < -0.3 is 20.0 Å². The van der Waals surface area contributed by atoms with Crippen molar-refractivity contribution in [2.75, 3.05) is 64.8 Å². The largest absolute Gasteiger partial charge is 0.354 e. The molecule has 1 aromatic rings. The summed E-state index contributed by atoms with van der Waals surface area (Å²) in [6.45, 7) is 6.78. The molecule has 2 aliphatic rings. The van der Waals surface area contributed by atoms with Crippen molar-refractivity contribution in [2.24, 2.45) is 5.92 Å². The minimum atomic E-state index is 0. The summed E-state index contributed by atoms with van der Waals surface area (Å²) in [5.41, 5.74) is 0.769. The van der Waals surface area contributed by atoms with Gasteiger partial charge >= 0.3 is 0 Å². The number of likely N-dealkylation sites (N-methyl/N-ethyl adjacent to an activating group) is 1. The molecule has 3 heterocycles. The van der Waals surface area contributed by atoms with Crippen molar-refractivity contribution in [3.63, 3.8) is 0 Å². The Morgan fingerprint density at radius 3 is 2.42 bits per heavy atom. The Bertz CT molecular complexity index is 558. The number of carbonyl (C=O) groups excluding carboxylic acids is 1. The van der Waals surface area contributed by atoms with Crippen LogP contribution in [0.25, 0.3) is 0 Å². The first kappa shape index (κ1) is 23.0. The molecule has 0 aromatic carbocycles. The lowest BCUT2D eigenvalue weighted by Gasteiger charge is -2.34. The first-order chi connectivity index (χ1) is 11.7. The van der Waals surface area contributed by atoms with Crippen LogP contribution in [0.3, 0.4) is 0 Å². The lowest BCUT2D eigenvalue weighted by Crippen LogP contribution is -2.45. The first-order valence-corrected chi connectivity index (χ1v) is 9.01. The van der Waals surface area contributed by atoms with E-state index in [1.54, 1.807) is 6.20 Å². The van der Waals surface area contributed by atoms with Gasteiger partial charge in [-0.05, 0) is 51.5 Å². The number of nitrogens with zero attached hydrogens (tertiary/aromatic N) is 4. The highest BCUT2D eigenvalue weighted by molar-refractivity contribution is 5.95. The van der Waals surface area contributed by atoms with Gasteiger partial charge in [0, 0.05) is 51.0 Å². The molecule has 0 radical (unpaired) electrons. The van der Waals surface area contributed by atoms with Crippen molar-refractivity contribution in [1.29, 1.82) is 0 Å². The molecule has 148 valence electrons. The van der Waals surface area contributed by atoms with E-state index < -0.39 is 0 Å². The second-order valence-electron chi connectivity index (χ2n) is 6.99. The third kappa shape index (κ3) is 5.71. The molecule has 0 spiro atoms. The Hall–Kier alpha value is -1.08. The van der Waals surface area contributed by atoms with Crippen LogP contribution in [0, 0.1) is 5.92 Å². The number of piperidine rings is 1. The van der Waals surface area contributed by atoms with Gasteiger partial charge in [-0.2, -0.15) is 0 Å². The fourth-order valence-corrected chi connectivity index (χ4v) is 3.57. The highest BCUT2D eigenvalue weighted by Gasteiger charge is 2.24. The number of piperazine rings is 1. The number of rotatable bonds is 4. The van der Waals surface area contributed by atoms with Gasteiger partial charge in [0.25, 0.3) is 5.91 Å². The van der Waals surface area contributed by atoms with Crippen molar-refractivity contribution < 1.29 is 4.79 Å². The number of hydrogen-bond acceptors (Lipinski definition) is 5. The molecule has 2 aliphatic heterocycles. The molecule has 2 saturated heterocycles. The van der Waals surface area contributed by atoms with E-state index in [1.807, 2.05) is 24.1 Å². The Morgan fingerprint density at radius 1 is 1.15 bits per heavy atom. The Labute approximate surface area is 169 Å². The third-order valence-electron chi connectivity index (χ3n) is 5.21. The topological polar surface area (TPSA) is 51.7 Å². The van der Waals surface area contributed by atoms with E-state index in [0.29, 0.717) is 5.92 Å². The first-order valence-electron chi connectivity index (χ1n) is 9.01. The molecule has 0 aliphatic carbocycles. The van der Waals surface area contributed by atoms with Gasteiger partial charge in [-0.25, -0.2) is 4.98 Å². The average molecular weight is 404 g/mol. The van der Waals surface area contributed by atoms with E-state index >= 15 is 0 Å². The van der Waals surface area contributed by atoms with Gasteiger partial charge in [0.15, 0.2) is 0 Å². The number of pyridine rings is 1. The van der Waals surface area contributed by atoms with Gasteiger partial charge in [0.05, 0.1) is 0 Å². The maximum absolute atomic E-state index is 12.8. The molecule has 1 N–H and O–H groups in total. The van der Waals surface area contributed by atoms with Gasteiger partial charge in [0.1, 0.15) is 5.82 Å². The summed E-state index contributed by atoms with van der Waals surface area (Å²) >= 11 is 0. The van der Waals surface area contributed by atoms with Gasteiger partial charge in [-0.15, -0.1) is 24.8 Å². The van der Waals surface area contributed by atoms with Crippen LogP contribution >= 0.6 is 24.8 Å². The maximum atomic E-state index is 12.8. The quantitative estimate of drug-likeness (QED) is 0.829.